The summed E-state index contributed by atoms with van der Waals surface area (Å²) in [5.74, 6) is 1.12. The Bertz CT molecular complexity index is 934. The minimum Gasteiger partial charge on any atom is -0.494 e. The second-order valence-corrected chi connectivity index (χ2v) is 9.19. The molecule has 3 rings (SSSR count). The maximum absolute atomic E-state index is 12.8. The number of hydrogen-bond acceptors (Lipinski definition) is 5. The molecule has 7 nitrogen and oxygen atoms in total. The Kier molecular flexibility index (Phi) is 7.33. The summed E-state index contributed by atoms with van der Waals surface area (Å²) in [5.41, 5.74) is 1.02. The van der Waals surface area contributed by atoms with Crippen molar-refractivity contribution in [2.75, 3.05) is 26.3 Å². The molecule has 0 atom stereocenters. The molecule has 0 radical (unpaired) electrons. The van der Waals surface area contributed by atoms with Crippen LogP contribution < -0.4 is 14.8 Å². The van der Waals surface area contributed by atoms with E-state index in [-0.39, 0.29) is 18.6 Å². The molecular formula is C22H28N2O5S. The first kappa shape index (κ1) is 22.1. The van der Waals surface area contributed by atoms with Crippen molar-refractivity contribution in [1.29, 1.82) is 0 Å². The Morgan fingerprint density at radius 3 is 2.13 bits per heavy atom. The molecule has 0 bridgehead atoms. The van der Waals surface area contributed by atoms with Crippen molar-refractivity contribution < 1.29 is 22.7 Å². The van der Waals surface area contributed by atoms with Crippen molar-refractivity contribution >= 4 is 15.9 Å². The summed E-state index contributed by atoms with van der Waals surface area (Å²) in [7, 11) is -3.50. The lowest BCUT2D eigenvalue weighted by Gasteiger charge is -2.31. The van der Waals surface area contributed by atoms with Crippen molar-refractivity contribution in [3.8, 4) is 11.5 Å². The molecule has 1 heterocycles. The van der Waals surface area contributed by atoms with Crippen LogP contribution in [0.5, 0.6) is 11.5 Å². The van der Waals surface area contributed by atoms with E-state index in [4.69, 9.17) is 9.47 Å². The standard InChI is InChI=1S/C22H28N2O5S/c1-3-28-19-6-8-20(9-7-19)29-16-22(25)23-18-12-14-24(15-13-18)30(26,27)21-10-4-17(2)5-11-21/h4-11,18H,3,12-16H2,1-2H3,(H,23,25). The number of amides is 1. The zero-order valence-electron chi connectivity index (χ0n) is 17.3. The summed E-state index contributed by atoms with van der Waals surface area (Å²) in [5, 5.41) is 2.93. The first-order valence-corrected chi connectivity index (χ1v) is 11.5. The third-order valence-corrected chi connectivity index (χ3v) is 6.90. The Morgan fingerprint density at radius 2 is 1.57 bits per heavy atom. The molecule has 8 heteroatoms. The van der Waals surface area contributed by atoms with Crippen LogP contribution in [-0.2, 0) is 14.8 Å². The lowest BCUT2D eigenvalue weighted by atomic mass is 10.1. The first-order chi connectivity index (χ1) is 14.4. The van der Waals surface area contributed by atoms with Crippen LogP contribution in [0, 0.1) is 6.92 Å². The average molecular weight is 433 g/mol. The molecule has 162 valence electrons. The van der Waals surface area contributed by atoms with Gasteiger partial charge in [0.1, 0.15) is 11.5 Å². The zero-order valence-corrected chi connectivity index (χ0v) is 18.2. The van der Waals surface area contributed by atoms with Crippen LogP contribution in [0.4, 0.5) is 0 Å². The summed E-state index contributed by atoms with van der Waals surface area (Å²) in [6, 6.07) is 13.9. The Hall–Kier alpha value is -2.58. The topological polar surface area (TPSA) is 84.9 Å². The van der Waals surface area contributed by atoms with E-state index in [1.807, 2.05) is 13.8 Å². The fourth-order valence-corrected chi connectivity index (χ4v) is 4.79. The van der Waals surface area contributed by atoms with E-state index in [1.54, 1.807) is 48.5 Å². The number of aryl methyl sites for hydroxylation is 1. The highest BCUT2D eigenvalue weighted by Crippen LogP contribution is 2.21. The van der Waals surface area contributed by atoms with Crippen molar-refractivity contribution in [2.45, 2.75) is 37.6 Å². The van der Waals surface area contributed by atoms with Gasteiger partial charge in [0.15, 0.2) is 6.61 Å². The van der Waals surface area contributed by atoms with Crippen LogP contribution in [0.2, 0.25) is 0 Å². The lowest BCUT2D eigenvalue weighted by molar-refractivity contribution is -0.124. The molecule has 2 aromatic rings. The predicted octanol–water partition coefficient (Wildman–Crippen LogP) is 2.74. The number of nitrogens with one attached hydrogen (secondary N) is 1. The van der Waals surface area contributed by atoms with Gasteiger partial charge >= 0.3 is 0 Å². The van der Waals surface area contributed by atoms with Gasteiger partial charge in [-0.2, -0.15) is 4.31 Å². The number of benzene rings is 2. The van der Waals surface area contributed by atoms with Gasteiger partial charge in [-0.15, -0.1) is 0 Å². The van der Waals surface area contributed by atoms with Crippen LogP contribution in [0.15, 0.2) is 53.4 Å². The van der Waals surface area contributed by atoms with Gasteiger partial charge in [0, 0.05) is 19.1 Å². The highest BCUT2D eigenvalue weighted by atomic mass is 32.2. The monoisotopic (exact) mass is 432 g/mol. The van der Waals surface area contributed by atoms with E-state index < -0.39 is 10.0 Å². The largest absolute Gasteiger partial charge is 0.494 e. The van der Waals surface area contributed by atoms with Crippen LogP contribution in [0.25, 0.3) is 0 Å². The number of hydrogen-bond donors (Lipinski definition) is 1. The molecular weight excluding hydrogens is 404 g/mol. The summed E-state index contributed by atoms with van der Waals surface area (Å²) >= 11 is 0. The van der Waals surface area contributed by atoms with E-state index in [1.165, 1.54) is 4.31 Å². The fraction of sp³-hybridized carbons (Fsp3) is 0.409. The molecule has 1 aliphatic heterocycles. The van der Waals surface area contributed by atoms with Crippen molar-refractivity contribution in [2.24, 2.45) is 0 Å². The molecule has 1 saturated heterocycles. The first-order valence-electron chi connectivity index (χ1n) is 10.1. The summed E-state index contributed by atoms with van der Waals surface area (Å²) in [6.07, 6.45) is 1.14. The summed E-state index contributed by atoms with van der Waals surface area (Å²) < 4.78 is 37.9. The summed E-state index contributed by atoms with van der Waals surface area (Å²) in [6.45, 7) is 5.09. The quantitative estimate of drug-likeness (QED) is 0.693. The normalized spacial score (nSPS) is 15.5. The molecule has 0 unspecified atom stereocenters. The highest BCUT2D eigenvalue weighted by molar-refractivity contribution is 7.89. The highest BCUT2D eigenvalue weighted by Gasteiger charge is 2.29. The van der Waals surface area contributed by atoms with Gasteiger partial charge in [0.25, 0.3) is 5.91 Å². The molecule has 1 aliphatic rings. The molecule has 1 amide bonds. The molecule has 1 N–H and O–H groups in total. The SMILES string of the molecule is CCOc1ccc(OCC(=O)NC2CCN(S(=O)(=O)c3ccc(C)cc3)CC2)cc1. The van der Waals surface area contributed by atoms with Crippen LogP contribution in [-0.4, -0.2) is 51.0 Å². The Morgan fingerprint density at radius 1 is 1.00 bits per heavy atom. The van der Waals surface area contributed by atoms with Crippen molar-refractivity contribution in [3.05, 3.63) is 54.1 Å². The Labute approximate surface area is 178 Å². The number of carbonyl (C=O) groups is 1. The van der Waals surface area contributed by atoms with Gasteiger partial charge in [0.2, 0.25) is 10.0 Å². The van der Waals surface area contributed by atoms with Crippen molar-refractivity contribution in [3.63, 3.8) is 0 Å². The third-order valence-electron chi connectivity index (χ3n) is 4.98. The van der Waals surface area contributed by atoms with Gasteiger partial charge in [-0.25, -0.2) is 8.42 Å². The predicted molar refractivity (Wildman–Crippen MR) is 114 cm³/mol. The van der Waals surface area contributed by atoms with E-state index >= 15 is 0 Å². The number of piperidine rings is 1. The summed E-state index contributed by atoms with van der Waals surface area (Å²) in [4.78, 5) is 12.5. The molecule has 0 spiro atoms. The molecule has 0 aromatic heterocycles. The van der Waals surface area contributed by atoms with Crippen molar-refractivity contribution in [1.82, 2.24) is 9.62 Å². The number of rotatable bonds is 8. The number of sulfonamides is 1. The average Bonchev–Trinajstić information content (AvgIpc) is 2.74. The fourth-order valence-electron chi connectivity index (χ4n) is 3.32. The molecule has 0 aliphatic carbocycles. The second kappa shape index (κ2) is 9.95. The van der Waals surface area contributed by atoms with Gasteiger partial charge in [-0.3, -0.25) is 4.79 Å². The van der Waals surface area contributed by atoms with Crippen LogP contribution in [0.3, 0.4) is 0 Å². The molecule has 30 heavy (non-hydrogen) atoms. The molecule has 2 aromatic carbocycles. The van der Waals surface area contributed by atoms with Crippen LogP contribution in [0.1, 0.15) is 25.3 Å². The zero-order chi connectivity index (χ0) is 21.6. The third kappa shape index (κ3) is 5.73. The second-order valence-electron chi connectivity index (χ2n) is 7.25. The van der Waals surface area contributed by atoms with Gasteiger partial charge in [0.05, 0.1) is 11.5 Å². The minimum atomic E-state index is -3.50. The number of ether oxygens (including phenoxy) is 2. The maximum atomic E-state index is 12.8. The smallest absolute Gasteiger partial charge is 0.258 e. The molecule has 1 fully saturated rings. The molecule has 0 saturated carbocycles. The van der Waals surface area contributed by atoms with E-state index in [0.29, 0.717) is 43.2 Å². The number of nitrogens with zero attached hydrogens (tertiary/aromatic N) is 1. The van der Waals surface area contributed by atoms with Gasteiger partial charge < -0.3 is 14.8 Å². The van der Waals surface area contributed by atoms with Gasteiger partial charge in [-0.05, 0) is 63.1 Å². The minimum absolute atomic E-state index is 0.0640. The lowest BCUT2D eigenvalue weighted by Crippen LogP contribution is -2.47. The van der Waals surface area contributed by atoms with E-state index in [0.717, 1.165) is 11.3 Å². The van der Waals surface area contributed by atoms with Crippen LogP contribution >= 0.6 is 0 Å². The number of carbonyl (C=O) groups excluding carboxylic acids is 1. The van der Waals surface area contributed by atoms with E-state index in [2.05, 4.69) is 5.32 Å². The maximum Gasteiger partial charge on any atom is 0.258 e. The van der Waals surface area contributed by atoms with Gasteiger partial charge in [-0.1, -0.05) is 17.7 Å². The van der Waals surface area contributed by atoms with E-state index in [9.17, 15) is 13.2 Å². The Balaban J connectivity index is 1.44.